The molecule has 4 aromatic rings. The van der Waals surface area contributed by atoms with Crippen LogP contribution in [0.1, 0.15) is 10.4 Å². The van der Waals surface area contributed by atoms with E-state index in [1.807, 2.05) is 24.3 Å². The third-order valence-corrected chi connectivity index (χ3v) is 5.89. The summed E-state index contributed by atoms with van der Waals surface area (Å²) < 4.78 is 40.3. The fourth-order valence-corrected chi connectivity index (χ4v) is 4.19. The van der Waals surface area contributed by atoms with Gasteiger partial charge in [-0.2, -0.15) is 5.10 Å². The third kappa shape index (κ3) is 4.54. The highest BCUT2D eigenvalue weighted by Gasteiger charge is 2.21. The fraction of sp³-hybridized carbons (Fsp3) is 0.0455. The van der Waals surface area contributed by atoms with Crippen molar-refractivity contribution in [2.75, 3.05) is 6.26 Å². The lowest BCUT2D eigenvalue weighted by atomic mass is 10.0. The van der Waals surface area contributed by atoms with Gasteiger partial charge in [0, 0.05) is 11.5 Å². The van der Waals surface area contributed by atoms with E-state index in [0.717, 1.165) is 29.5 Å². The van der Waals surface area contributed by atoms with Crippen LogP contribution >= 0.6 is 23.2 Å². The van der Waals surface area contributed by atoms with Crippen LogP contribution in [-0.4, -0.2) is 30.4 Å². The van der Waals surface area contributed by atoms with Crippen LogP contribution in [0.2, 0.25) is 10.2 Å². The molecule has 0 aliphatic carbocycles. The summed E-state index contributed by atoms with van der Waals surface area (Å²) in [6.07, 6.45) is 0.782. The van der Waals surface area contributed by atoms with Crippen molar-refractivity contribution in [3.05, 3.63) is 87.6 Å². The Balaban J connectivity index is 1.78. The van der Waals surface area contributed by atoms with Crippen LogP contribution in [0.15, 0.2) is 54.6 Å². The van der Waals surface area contributed by atoms with Gasteiger partial charge in [-0.1, -0.05) is 53.5 Å². The largest absolute Gasteiger partial charge is 0.268 e. The van der Waals surface area contributed by atoms with Crippen LogP contribution in [0.25, 0.3) is 32.6 Å². The lowest BCUT2D eigenvalue weighted by molar-refractivity contribution is 0.0978. The Morgan fingerprint density at radius 2 is 1.76 bits per heavy atom. The minimum atomic E-state index is -3.88. The number of aromatic nitrogens is 2. The molecule has 4 rings (SSSR count). The maximum Gasteiger partial charge on any atom is 0.267 e. The molecule has 1 heterocycles. The Bertz CT molecular complexity index is 1580. The second-order valence-corrected chi connectivity index (χ2v) is 9.59. The molecule has 0 saturated heterocycles. The van der Waals surface area contributed by atoms with E-state index in [0.29, 0.717) is 16.6 Å². The molecule has 0 fully saturated rings. The number of fused-ring (bicyclic) bond motifs is 1. The van der Waals surface area contributed by atoms with Crippen molar-refractivity contribution in [2.45, 2.75) is 0 Å². The Hall–Kier alpha value is -3.45. The van der Waals surface area contributed by atoms with Crippen LogP contribution in [0, 0.1) is 12.4 Å². The smallest absolute Gasteiger partial charge is 0.267 e. The maximum absolute atomic E-state index is 14.7. The van der Waals surface area contributed by atoms with E-state index < -0.39 is 27.3 Å². The number of carbonyl (C=O) groups excluding carboxylic acids is 1. The van der Waals surface area contributed by atoms with Crippen LogP contribution in [0.4, 0.5) is 10.1 Å². The molecule has 0 atom stereocenters. The minimum absolute atomic E-state index is 0.0325. The summed E-state index contributed by atoms with van der Waals surface area (Å²) >= 11 is 12.6. The van der Waals surface area contributed by atoms with Gasteiger partial charge in [0.15, 0.2) is 10.8 Å². The Kier molecular flexibility index (Phi) is 5.84. The van der Waals surface area contributed by atoms with Crippen molar-refractivity contribution < 1.29 is 17.6 Å². The Morgan fingerprint density at radius 1 is 1.09 bits per heavy atom. The second-order valence-electron chi connectivity index (χ2n) is 7.08. The average molecular weight is 503 g/mol. The second kappa shape index (κ2) is 8.48. The molecule has 3 aromatic carbocycles. The van der Waals surface area contributed by atoms with Gasteiger partial charge in [-0.05, 0) is 29.3 Å². The van der Waals surface area contributed by atoms with Crippen LogP contribution in [0.5, 0.6) is 0 Å². The number of rotatable bonds is 4. The minimum Gasteiger partial charge on any atom is -0.268 e. The van der Waals surface area contributed by atoms with Crippen LogP contribution < -0.4 is 4.72 Å². The summed E-state index contributed by atoms with van der Waals surface area (Å²) in [5.74, 6) is -2.12. The van der Waals surface area contributed by atoms with Gasteiger partial charge in [-0.15, -0.1) is 0 Å². The third-order valence-electron chi connectivity index (χ3n) is 4.75. The number of nitrogens with zero attached hydrogens (tertiary/aromatic N) is 3. The van der Waals surface area contributed by atoms with E-state index in [1.165, 1.54) is 4.68 Å². The summed E-state index contributed by atoms with van der Waals surface area (Å²) in [5.41, 5.74) is 2.37. The van der Waals surface area contributed by atoms with E-state index in [2.05, 4.69) is 9.94 Å². The first-order valence-corrected chi connectivity index (χ1v) is 11.9. The molecule has 0 aliphatic rings. The molecule has 0 aliphatic heterocycles. The summed E-state index contributed by atoms with van der Waals surface area (Å²) in [6, 6.07) is 14.4. The molecule has 7 nitrogen and oxygen atoms in total. The number of carbonyl (C=O) groups is 1. The highest BCUT2D eigenvalue weighted by molar-refractivity contribution is 7.89. The lowest BCUT2D eigenvalue weighted by Crippen LogP contribution is -2.30. The van der Waals surface area contributed by atoms with Crippen molar-refractivity contribution in [3.8, 4) is 16.8 Å². The van der Waals surface area contributed by atoms with Gasteiger partial charge < -0.3 is 0 Å². The Labute approximate surface area is 198 Å². The SMILES string of the molecule is [C-]#[N+]c1ccc(-c2ccc3c(c2)c(Cl)nn3-c2cc(F)c(C(=O)NS(C)(=O)=O)cc2Cl)cc1. The summed E-state index contributed by atoms with van der Waals surface area (Å²) in [6.45, 7) is 7.06. The molecule has 0 saturated carbocycles. The van der Waals surface area contributed by atoms with E-state index in [4.69, 9.17) is 29.8 Å². The van der Waals surface area contributed by atoms with E-state index >= 15 is 0 Å². The zero-order valence-corrected chi connectivity index (χ0v) is 19.1. The molecule has 1 amide bonds. The number of amides is 1. The molecule has 0 unspecified atom stereocenters. The molecule has 33 heavy (non-hydrogen) atoms. The van der Waals surface area contributed by atoms with Crippen molar-refractivity contribution >= 4 is 55.7 Å². The molecule has 11 heteroatoms. The van der Waals surface area contributed by atoms with Crippen molar-refractivity contribution in [1.82, 2.24) is 14.5 Å². The van der Waals surface area contributed by atoms with E-state index in [-0.39, 0.29) is 15.9 Å². The predicted octanol–water partition coefficient (Wildman–Crippen LogP) is 5.38. The van der Waals surface area contributed by atoms with E-state index in [9.17, 15) is 17.6 Å². The number of nitrogens with one attached hydrogen (secondary N) is 1. The predicted molar refractivity (Wildman–Crippen MR) is 125 cm³/mol. The maximum atomic E-state index is 14.7. The molecule has 0 spiro atoms. The molecule has 1 aromatic heterocycles. The monoisotopic (exact) mass is 502 g/mol. The van der Waals surface area contributed by atoms with Crippen LogP contribution in [0.3, 0.4) is 0 Å². The molecule has 0 bridgehead atoms. The quantitative estimate of drug-likeness (QED) is 0.379. The number of sulfonamides is 1. The van der Waals surface area contributed by atoms with Gasteiger partial charge in [-0.25, -0.2) is 27.1 Å². The van der Waals surface area contributed by atoms with Gasteiger partial charge >= 0.3 is 0 Å². The zero-order chi connectivity index (χ0) is 23.9. The topological polar surface area (TPSA) is 85.4 Å². The highest BCUT2D eigenvalue weighted by Crippen LogP contribution is 2.33. The molecule has 1 N–H and O–H groups in total. The van der Waals surface area contributed by atoms with Crippen LogP contribution in [-0.2, 0) is 10.0 Å². The van der Waals surface area contributed by atoms with Gasteiger partial charge in [0.2, 0.25) is 10.0 Å². The number of hydrogen-bond donors (Lipinski definition) is 1. The van der Waals surface area contributed by atoms with E-state index in [1.54, 1.807) is 22.9 Å². The lowest BCUT2D eigenvalue weighted by Gasteiger charge is -2.10. The normalized spacial score (nSPS) is 11.4. The first-order chi connectivity index (χ1) is 15.6. The summed E-state index contributed by atoms with van der Waals surface area (Å²) in [4.78, 5) is 15.4. The van der Waals surface area contributed by atoms with Gasteiger partial charge in [0.1, 0.15) is 5.82 Å². The highest BCUT2D eigenvalue weighted by atomic mass is 35.5. The van der Waals surface area contributed by atoms with Gasteiger partial charge in [0.25, 0.3) is 5.91 Å². The molecule has 0 radical (unpaired) electrons. The first kappa shape index (κ1) is 22.7. The van der Waals surface area contributed by atoms with Crippen molar-refractivity contribution in [3.63, 3.8) is 0 Å². The Morgan fingerprint density at radius 3 is 2.39 bits per heavy atom. The summed E-state index contributed by atoms with van der Waals surface area (Å²) in [7, 11) is -3.88. The van der Waals surface area contributed by atoms with Gasteiger partial charge in [-0.3, -0.25) is 4.79 Å². The molecular weight excluding hydrogens is 490 g/mol. The first-order valence-electron chi connectivity index (χ1n) is 9.25. The number of halogens is 3. The average Bonchev–Trinajstić information content (AvgIpc) is 3.09. The molecular formula is C22H13Cl2FN4O3S. The number of benzene rings is 3. The van der Waals surface area contributed by atoms with Gasteiger partial charge in [0.05, 0.1) is 34.6 Å². The summed E-state index contributed by atoms with van der Waals surface area (Å²) in [5, 5.41) is 4.96. The molecule has 166 valence electrons. The number of hydrogen-bond acceptors (Lipinski definition) is 4. The standard InChI is InChI=1S/C22H13Cl2FN4O3S/c1-26-14-6-3-12(4-7-14)13-5-8-19-16(9-13)21(24)27-29(19)20-11-18(25)15(10-17(20)23)22(30)28-33(2,31)32/h3-11H,2H3,(H,28,30). The zero-order valence-electron chi connectivity index (χ0n) is 16.8. The fourth-order valence-electron chi connectivity index (χ4n) is 3.27. The van der Waals surface area contributed by atoms with Crippen molar-refractivity contribution in [2.24, 2.45) is 0 Å². The van der Waals surface area contributed by atoms with Crippen molar-refractivity contribution in [1.29, 1.82) is 0 Å².